The first-order valence-corrected chi connectivity index (χ1v) is 13.3. The van der Waals surface area contributed by atoms with E-state index in [1.165, 1.54) is 10.4 Å². The van der Waals surface area contributed by atoms with Gasteiger partial charge < -0.3 is 19.9 Å². The molecule has 5 heterocycles. The number of methoxy groups -OCH3 is 1. The fraction of sp³-hybridized carbons (Fsp3) is 0.462. The van der Waals surface area contributed by atoms with Crippen LogP contribution in [0, 0.1) is 5.92 Å². The first-order valence-electron chi connectivity index (χ1n) is 12.5. The quantitative estimate of drug-likeness (QED) is 0.442. The van der Waals surface area contributed by atoms with Crippen molar-refractivity contribution in [2.24, 2.45) is 5.92 Å². The molecule has 4 aromatic rings. The molecule has 1 amide bonds. The number of amides is 1. The molecule has 4 aromatic heterocycles. The standard InChI is InChI=1S/C26H31N7O2S/c1-31(2)17-7-10-32(11-8-17)26(34)16-4-5-19-22(12-16)36-25-23(19)24(27-15-28-25)30-20-13-18-6-9-29-33(18)14-21(20)35-3/h6,9,13-17H,4-5,7-8,10-12H2,1-3H3,(H,27,28,30). The maximum absolute atomic E-state index is 13.4. The number of piperidine rings is 1. The predicted octanol–water partition coefficient (Wildman–Crippen LogP) is 3.75. The second-order valence-corrected chi connectivity index (χ2v) is 11.0. The molecule has 6 rings (SSSR count). The van der Waals surface area contributed by atoms with Crippen LogP contribution in [0.2, 0.25) is 0 Å². The van der Waals surface area contributed by atoms with Crippen LogP contribution in [-0.2, 0) is 17.6 Å². The van der Waals surface area contributed by atoms with Crippen molar-refractivity contribution in [3.05, 3.63) is 41.3 Å². The van der Waals surface area contributed by atoms with E-state index < -0.39 is 0 Å². The summed E-state index contributed by atoms with van der Waals surface area (Å²) < 4.78 is 7.39. The second-order valence-electron chi connectivity index (χ2n) is 9.95. The summed E-state index contributed by atoms with van der Waals surface area (Å²) >= 11 is 1.70. The topological polar surface area (TPSA) is 87.9 Å². The van der Waals surface area contributed by atoms with Gasteiger partial charge in [0.2, 0.25) is 5.91 Å². The number of fused-ring (bicyclic) bond motifs is 4. The number of hydrogen-bond donors (Lipinski definition) is 1. The van der Waals surface area contributed by atoms with Gasteiger partial charge in [-0.3, -0.25) is 4.79 Å². The van der Waals surface area contributed by atoms with E-state index in [0.717, 1.165) is 72.4 Å². The molecule has 0 saturated carbocycles. The van der Waals surface area contributed by atoms with Crippen LogP contribution < -0.4 is 10.1 Å². The molecule has 1 fully saturated rings. The molecule has 10 heteroatoms. The first-order chi connectivity index (χ1) is 17.5. The number of nitrogens with one attached hydrogen (secondary N) is 1. The fourth-order valence-corrected chi connectivity index (χ4v) is 6.88. The van der Waals surface area contributed by atoms with E-state index in [1.807, 2.05) is 18.3 Å². The SMILES string of the molecule is COc1cn2nccc2cc1Nc1ncnc2sc3c(c12)CCC(C(=O)N1CCC(N(C)C)CC1)C3. The van der Waals surface area contributed by atoms with E-state index in [-0.39, 0.29) is 5.92 Å². The summed E-state index contributed by atoms with van der Waals surface area (Å²) in [5.74, 6) is 1.83. The van der Waals surface area contributed by atoms with Gasteiger partial charge in [0.05, 0.1) is 29.9 Å². The van der Waals surface area contributed by atoms with Crippen LogP contribution >= 0.6 is 11.3 Å². The Bertz CT molecular complexity index is 1420. The maximum Gasteiger partial charge on any atom is 0.226 e. The molecule has 2 aliphatic rings. The van der Waals surface area contributed by atoms with E-state index in [4.69, 9.17) is 4.74 Å². The van der Waals surface area contributed by atoms with Gasteiger partial charge in [0.25, 0.3) is 0 Å². The molecule has 1 atom stereocenters. The third-order valence-electron chi connectivity index (χ3n) is 7.67. The fourth-order valence-electron chi connectivity index (χ4n) is 5.61. The summed E-state index contributed by atoms with van der Waals surface area (Å²) in [6.07, 6.45) is 9.85. The van der Waals surface area contributed by atoms with E-state index in [1.54, 1.807) is 35.5 Å². The van der Waals surface area contributed by atoms with Crippen LogP contribution in [0.25, 0.3) is 15.7 Å². The van der Waals surface area contributed by atoms with Gasteiger partial charge >= 0.3 is 0 Å². The Balaban J connectivity index is 1.25. The van der Waals surface area contributed by atoms with Gasteiger partial charge in [-0.1, -0.05) is 0 Å². The van der Waals surface area contributed by atoms with Crippen LogP contribution in [-0.4, -0.2) is 75.6 Å². The maximum atomic E-state index is 13.4. The van der Waals surface area contributed by atoms with Crippen LogP contribution in [0.1, 0.15) is 29.7 Å². The van der Waals surface area contributed by atoms with Crippen molar-refractivity contribution in [2.45, 2.75) is 38.1 Å². The molecule has 0 bridgehead atoms. The number of aromatic nitrogens is 4. The minimum Gasteiger partial charge on any atom is -0.493 e. The third kappa shape index (κ3) is 4.08. The number of carbonyl (C=O) groups is 1. The van der Waals surface area contributed by atoms with Crippen molar-refractivity contribution in [3.8, 4) is 5.75 Å². The van der Waals surface area contributed by atoms with Gasteiger partial charge in [0.1, 0.15) is 17.0 Å². The van der Waals surface area contributed by atoms with E-state index in [0.29, 0.717) is 17.7 Å². The zero-order valence-electron chi connectivity index (χ0n) is 20.9. The molecule has 0 aromatic carbocycles. The third-order valence-corrected chi connectivity index (χ3v) is 8.83. The van der Waals surface area contributed by atoms with Gasteiger partial charge in [0, 0.05) is 36.1 Å². The zero-order valence-corrected chi connectivity index (χ0v) is 21.7. The molecule has 1 unspecified atom stereocenters. The van der Waals surface area contributed by atoms with Crippen LogP contribution in [0.4, 0.5) is 11.5 Å². The predicted molar refractivity (Wildman–Crippen MR) is 141 cm³/mol. The Kier molecular flexibility index (Phi) is 6.00. The summed E-state index contributed by atoms with van der Waals surface area (Å²) in [7, 11) is 5.91. The Morgan fingerprint density at radius 1 is 1.22 bits per heavy atom. The number of likely N-dealkylation sites (tertiary alicyclic amines) is 1. The number of nitrogens with zero attached hydrogens (tertiary/aromatic N) is 6. The molecule has 9 nitrogen and oxygen atoms in total. The van der Waals surface area contributed by atoms with Crippen molar-refractivity contribution in [1.82, 2.24) is 29.4 Å². The van der Waals surface area contributed by atoms with Gasteiger partial charge in [0.15, 0.2) is 5.75 Å². The molecule has 1 N–H and O–H groups in total. The highest BCUT2D eigenvalue weighted by atomic mass is 32.1. The molecule has 0 radical (unpaired) electrons. The molecule has 36 heavy (non-hydrogen) atoms. The largest absolute Gasteiger partial charge is 0.493 e. The van der Waals surface area contributed by atoms with Crippen molar-refractivity contribution in [1.29, 1.82) is 0 Å². The lowest BCUT2D eigenvalue weighted by atomic mass is 9.86. The van der Waals surface area contributed by atoms with Crippen molar-refractivity contribution in [2.75, 3.05) is 39.6 Å². The monoisotopic (exact) mass is 505 g/mol. The van der Waals surface area contributed by atoms with E-state index in [9.17, 15) is 4.79 Å². The van der Waals surface area contributed by atoms with Gasteiger partial charge in [-0.05, 0) is 63.9 Å². The molecule has 188 valence electrons. The van der Waals surface area contributed by atoms with Gasteiger partial charge in [-0.2, -0.15) is 5.10 Å². The minimum absolute atomic E-state index is 0.0511. The first kappa shape index (κ1) is 23.2. The Morgan fingerprint density at radius 3 is 2.83 bits per heavy atom. The van der Waals surface area contributed by atoms with E-state index >= 15 is 0 Å². The Hall–Kier alpha value is -3.24. The summed E-state index contributed by atoms with van der Waals surface area (Å²) in [4.78, 5) is 29.1. The average molecular weight is 506 g/mol. The number of rotatable bonds is 5. The highest BCUT2D eigenvalue weighted by Crippen LogP contribution is 2.41. The molecular weight excluding hydrogens is 474 g/mol. The summed E-state index contributed by atoms with van der Waals surface area (Å²) in [5, 5.41) is 8.85. The molecule has 1 aliphatic carbocycles. The number of carbonyl (C=O) groups excluding carboxylic acids is 1. The van der Waals surface area contributed by atoms with Gasteiger partial charge in [-0.25, -0.2) is 14.5 Å². The molecular formula is C26H31N7O2S. The normalized spacial score (nSPS) is 18.7. The van der Waals surface area contributed by atoms with E-state index in [2.05, 4.69) is 44.3 Å². The molecule has 0 spiro atoms. The summed E-state index contributed by atoms with van der Waals surface area (Å²) in [6.45, 7) is 1.72. The second kappa shape index (κ2) is 9.33. The van der Waals surface area contributed by atoms with Crippen LogP contribution in [0.15, 0.2) is 30.9 Å². The number of pyridine rings is 1. The minimum atomic E-state index is 0.0511. The Labute approximate surface area is 214 Å². The zero-order chi connectivity index (χ0) is 24.8. The van der Waals surface area contributed by atoms with Crippen molar-refractivity contribution < 1.29 is 9.53 Å². The van der Waals surface area contributed by atoms with Crippen LogP contribution in [0.5, 0.6) is 5.75 Å². The summed E-state index contributed by atoms with van der Waals surface area (Å²) in [5.41, 5.74) is 3.07. The number of aryl methyl sites for hydroxylation is 1. The highest BCUT2D eigenvalue weighted by molar-refractivity contribution is 7.19. The molecule has 1 saturated heterocycles. The van der Waals surface area contributed by atoms with Crippen molar-refractivity contribution >= 4 is 44.5 Å². The van der Waals surface area contributed by atoms with Crippen molar-refractivity contribution in [3.63, 3.8) is 0 Å². The highest BCUT2D eigenvalue weighted by Gasteiger charge is 2.33. The van der Waals surface area contributed by atoms with Gasteiger partial charge in [-0.15, -0.1) is 11.3 Å². The number of hydrogen-bond acceptors (Lipinski definition) is 8. The molecule has 1 aliphatic heterocycles. The average Bonchev–Trinajstić information content (AvgIpc) is 3.51. The lowest BCUT2D eigenvalue weighted by molar-refractivity contribution is -0.137. The summed E-state index contributed by atoms with van der Waals surface area (Å²) in [6, 6.07) is 4.53. The lowest BCUT2D eigenvalue weighted by Crippen LogP contribution is -2.47. The Morgan fingerprint density at radius 2 is 2.06 bits per heavy atom. The number of ether oxygens (including phenoxy) is 1. The lowest BCUT2D eigenvalue weighted by Gasteiger charge is -2.37. The van der Waals surface area contributed by atoms with Crippen LogP contribution in [0.3, 0.4) is 0 Å². The number of anilines is 2. The number of thiophene rings is 1. The smallest absolute Gasteiger partial charge is 0.226 e.